The Morgan fingerprint density at radius 2 is 1.84 bits per heavy atom. The molecule has 2 aromatic heterocycles. The number of para-hydroxylation sites is 1. The number of hydrogen-bond acceptors (Lipinski definition) is 7. The van der Waals surface area contributed by atoms with E-state index in [2.05, 4.69) is 15.3 Å². The third-order valence-corrected chi connectivity index (χ3v) is 5.85. The zero-order chi connectivity index (χ0) is 26.4. The van der Waals surface area contributed by atoms with Crippen molar-refractivity contribution in [3.63, 3.8) is 0 Å². The van der Waals surface area contributed by atoms with E-state index in [1.165, 1.54) is 6.20 Å². The highest BCUT2D eigenvalue weighted by Crippen LogP contribution is 2.21. The third kappa shape index (κ3) is 5.92. The van der Waals surface area contributed by atoms with Gasteiger partial charge in [0.15, 0.2) is 5.65 Å². The second-order valence-corrected chi connectivity index (χ2v) is 8.35. The average molecular weight is 500 g/mol. The fraction of sp³-hybridized carbons (Fsp3) is 0.222. The zero-order valence-corrected chi connectivity index (χ0v) is 20.8. The number of nitrogens with one attached hydrogen (secondary N) is 2. The summed E-state index contributed by atoms with van der Waals surface area (Å²) in [6, 6.07) is 18.2. The van der Waals surface area contributed by atoms with Crippen LogP contribution >= 0.6 is 0 Å². The maximum atomic E-state index is 13.5. The number of anilines is 2. The molecule has 2 heterocycles. The first-order valence-corrected chi connectivity index (χ1v) is 11.9. The van der Waals surface area contributed by atoms with Crippen molar-refractivity contribution in [2.75, 3.05) is 23.4 Å². The van der Waals surface area contributed by atoms with E-state index in [-0.39, 0.29) is 30.7 Å². The van der Waals surface area contributed by atoms with Crippen molar-refractivity contribution in [3.8, 4) is 0 Å². The van der Waals surface area contributed by atoms with E-state index < -0.39 is 0 Å². The lowest BCUT2D eigenvalue weighted by Gasteiger charge is -2.22. The van der Waals surface area contributed by atoms with Crippen LogP contribution in [0.4, 0.5) is 11.4 Å². The highest BCUT2D eigenvalue weighted by molar-refractivity contribution is 6.07. The lowest BCUT2D eigenvalue weighted by atomic mass is 10.2. The summed E-state index contributed by atoms with van der Waals surface area (Å²) in [5.41, 5.74) is 9.33. The van der Waals surface area contributed by atoms with Crippen molar-refractivity contribution in [2.24, 2.45) is 12.8 Å². The number of aryl methyl sites for hydroxylation is 1. The van der Waals surface area contributed by atoms with Gasteiger partial charge in [-0.15, -0.1) is 0 Å². The van der Waals surface area contributed by atoms with Crippen LogP contribution < -0.4 is 16.0 Å². The van der Waals surface area contributed by atoms with Gasteiger partial charge < -0.3 is 25.3 Å². The van der Waals surface area contributed by atoms with E-state index in [0.29, 0.717) is 41.1 Å². The predicted molar refractivity (Wildman–Crippen MR) is 143 cm³/mol. The van der Waals surface area contributed by atoms with Crippen molar-refractivity contribution >= 4 is 40.3 Å². The molecule has 0 bridgehead atoms. The molecule has 10 heteroatoms. The number of aromatic nitrogens is 3. The van der Waals surface area contributed by atoms with Gasteiger partial charge in [0.05, 0.1) is 25.1 Å². The Balaban J connectivity index is 1.54. The van der Waals surface area contributed by atoms with Crippen molar-refractivity contribution < 1.29 is 14.3 Å². The van der Waals surface area contributed by atoms with Gasteiger partial charge in [0, 0.05) is 36.7 Å². The number of rotatable bonds is 10. The lowest BCUT2D eigenvalue weighted by Crippen LogP contribution is -2.33. The number of nitrogens with zero attached hydrogens (tertiary/aromatic N) is 4. The van der Waals surface area contributed by atoms with Crippen molar-refractivity contribution in [3.05, 3.63) is 83.8 Å². The van der Waals surface area contributed by atoms with Crippen LogP contribution in [-0.4, -0.2) is 45.4 Å². The van der Waals surface area contributed by atoms with Crippen molar-refractivity contribution in [1.82, 2.24) is 14.5 Å². The number of hydrogen-bond donors (Lipinski definition) is 3. The average Bonchev–Trinajstić information content (AvgIpc) is 3.23. The first kappa shape index (κ1) is 25.4. The van der Waals surface area contributed by atoms with Gasteiger partial charge in [0.1, 0.15) is 17.2 Å². The molecule has 0 aliphatic rings. The summed E-state index contributed by atoms with van der Waals surface area (Å²) in [5.74, 6) is 0.124. The minimum atomic E-state index is -0.359. The lowest BCUT2D eigenvalue weighted by molar-refractivity contribution is -0.142. The Bertz CT molecular complexity index is 1420. The third-order valence-electron chi connectivity index (χ3n) is 5.85. The van der Waals surface area contributed by atoms with Crippen LogP contribution in [0.5, 0.6) is 0 Å². The summed E-state index contributed by atoms with van der Waals surface area (Å²) in [5, 5.41) is 10.8. The molecular formula is C27H29N7O3. The monoisotopic (exact) mass is 499 g/mol. The smallest absolute Gasteiger partial charge is 0.307 e. The summed E-state index contributed by atoms with van der Waals surface area (Å²) < 4.78 is 6.91. The van der Waals surface area contributed by atoms with Crippen molar-refractivity contribution in [1.29, 1.82) is 5.41 Å². The largest absolute Gasteiger partial charge is 0.466 e. The van der Waals surface area contributed by atoms with Gasteiger partial charge in [-0.05, 0) is 49.4 Å². The fourth-order valence-corrected chi connectivity index (χ4v) is 3.89. The number of imidazole rings is 1. The fourth-order valence-electron chi connectivity index (χ4n) is 3.89. The Kier molecular flexibility index (Phi) is 7.77. The molecule has 190 valence electrons. The molecule has 2 aromatic carbocycles. The molecule has 0 atom stereocenters. The molecule has 0 unspecified atom stereocenters. The molecule has 0 saturated carbocycles. The van der Waals surface area contributed by atoms with Crippen LogP contribution in [0.1, 0.15) is 35.1 Å². The number of amidine groups is 1. The topological polar surface area (TPSA) is 139 Å². The Morgan fingerprint density at radius 1 is 1.11 bits per heavy atom. The number of ether oxygens (including phenoxy) is 1. The standard InChI is InChI=1S/C27H29N7O3/c1-3-37-24(35)13-14-34(21-7-5-4-6-8-21)27(36)19-15-22-26(31-16-19)33(2)23(32-22)17-30-20-11-9-18(10-12-20)25(28)29/h4-12,15-16,30H,3,13-14,17H2,1-2H3,(H3,28,29). The Morgan fingerprint density at radius 3 is 2.51 bits per heavy atom. The molecular weight excluding hydrogens is 470 g/mol. The number of nitrogens with two attached hydrogens (primary N) is 1. The van der Waals surface area contributed by atoms with E-state index in [9.17, 15) is 9.59 Å². The van der Waals surface area contributed by atoms with E-state index in [0.717, 1.165) is 11.5 Å². The number of benzene rings is 2. The number of nitrogen functional groups attached to an aromatic ring is 1. The minimum absolute atomic E-state index is 0.0186. The molecule has 4 rings (SSSR count). The van der Waals surface area contributed by atoms with Gasteiger partial charge >= 0.3 is 5.97 Å². The Hall–Kier alpha value is -4.73. The van der Waals surface area contributed by atoms with E-state index in [1.54, 1.807) is 30.0 Å². The molecule has 0 radical (unpaired) electrons. The first-order valence-electron chi connectivity index (χ1n) is 11.9. The molecule has 0 saturated heterocycles. The van der Waals surface area contributed by atoms with Crippen molar-refractivity contribution in [2.45, 2.75) is 19.9 Å². The van der Waals surface area contributed by atoms with E-state index >= 15 is 0 Å². The van der Waals surface area contributed by atoms with Gasteiger partial charge in [-0.1, -0.05) is 18.2 Å². The highest BCUT2D eigenvalue weighted by atomic mass is 16.5. The summed E-state index contributed by atoms with van der Waals surface area (Å²) in [6.07, 6.45) is 1.61. The summed E-state index contributed by atoms with van der Waals surface area (Å²) in [7, 11) is 1.87. The van der Waals surface area contributed by atoms with Gasteiger partial charge in [-0.3, -0.25) is 15.0 Å². The van der Waals surface area contributed by atoms with E-state index in [1.807, 2.05) is 54.1 Å². The Labute approximate surface area is 214 Å². The maximum Gasteiger partial charge on any atom is 0.307 e. The SMILES string of the molecule is CCOC(=O)CCN(C(=O)c1cnc2c(c1)nc(CNc1ccc(C(=N)N)cc1)n2C)c1ccccc1. The van der Waals surface area contributed by atoms with Crippen LogP contribution in [0.25, 0.3) is 11.2 Å². The second kappa shape index (κ2) is 11.3. The normalized spacial score (nSPS) is 10.8. The van der Waals surface area contributed by atoms with Crippen LogP contribution in [0.2, 0.25) is 0 Å². The number of fused-ring (bicyclic) bond motifs is 1. The van der Waals surface area contributed by atoms with E-state index in [4.69, 9.17) is 15.9 Å². The molecule has 37 heavy (non-hydrogen) atoms. The van der Waals surface area contributed by atoms with Gasteiger partial charge in [0.2, 0.25) is 0 Å². The quantitative estimate of drug-likeness (QED) is 0.172. The first-order chi connectivity index (χ1) is 17.9. The van der Waals surface area contributed by atoms with Crippen LogP contribution in [0.15, 0.2) is 66.9 Å². The van der Waals surface area contributed by atoms with Gasteiger partial charge in [0.25, 0.3) is 5.91 Å². The maximum absolute atomic E-state index is 13.5. The number of amides is 1. The highest BCUT2D eigenvalue weighted by Gasteiger charge is 2.21. The molecule has 1 amide bonds. The van der Waals surface area contributed by atoms with Crippen LogP contribution in [0.3, 0.4) is 0 Å². The number of carbonyl (C=O) groups is 2. The molecule has 0 spiro atoms. The molecule has 0 fully saturated rings. The van der Waals surface area contributed by atoms with Crippen LogP contribution in [0, 0.1) is 5.41 Å². The summed E-state index contributed by atoms with van der Waals surface area (Å²) in [6.45, 7) is 2.66. The molecule has 10 nitrogen and oxygen atoms in total. The number of carbonyl (C=O) groups excluding carboxylic acids is 2. The number of pyridine rings is 1. The zero-order valence-electron chi connectivity index (χ0n) is 20.8. The number of esters is 1. The summed E-state index contributed by atoms with van der Waals surface area (Å²) in [4.78, 5) is 36.2. The van der Waals surface area contributed by atoms with Crippen LogP contribution in [-0.2, 0) is 23.1 Å². The minimum Gasteiger partial charge on any atom is -0.466 e. The molecule has 4 N–H and O–H groups in total. The second-order valence-electron chi connectivity index (χ2n) is 8.35. The molecule has 0 aliphatic heterocycles. The van der Waals surface area contributed by atoms with Gasteiger partial charge in [-0.2, -0.15) is 0 Å². The summed E-state index contributed by atoms with van der Waals surface area (Å²) >= 11 is 0. The molecule has 4 aromatic rings. The molecule has 0 aliphatic carbocycles. The van der Waals surface area contributed by atoms with Gasteiger partial charge in [-0.25, -0.2) is 9.97 Å². The predicted octanol–water partition coefficient (Wildman–Crippen LogP) is 3.46.